The molecule has 0 heterocycles. The first-order valence-corrected chi connectivity index (χ1v) is 20.7. The molecule has 0 unspecified atom stereocenters. The minimum Gasteiger partial charge on any atom is -0.310 e. The standard InChI is InChI=1S/C57H44N2/c1-37-27-38(2)30-47(29-37)58(43-15-7-5-8-16-43)45-24-23-41-34-52-51-26-25-46(59(44-17-9-6-10-18-44)48-31-39(3)28-40(4)32-48)36-56(51)57(55(52)35-42(41)33-45)53-21-13-11-19-49(53)50-20-12-14-22-54(50)57/h5-36H,1-4H3. The maximum absolute atomic E-state index is 2.51. The van der Waals surface area contributed by atoms with Crippen LogP contribution in [0.2, 0.25) is 0 Å². The van der Waals surface area contributed by atoms with Gasteiger partial charge in [-0.3, -0.25) is 0 Å². The third kappa shape index (κ3) is 5.47. The van der Waals surface area contributed by atoms with Crippen molar-refractivity contribution in [2.75, 3.05) is 9.80 Å². The molecule has 0 N–H and O–H groups in total. The highest BCUT2D eigenvalue weighted by atomic mass is 15.1. The van der Waals surface area contributed by atoms with Crippen molar-refractivity contribution in [3.63, 3.8) is 0 Å². The zero-order valence-electron chi connectivity index (χ0n) is 33.9. The molecule has 0 radical (unpaired) electrons. The molecule has 59 heavy (non-hydrogen) atoms. The molecule has 0 saturated carbocycles. The molecule has 0 amide bonds. The molecular weight excluding hydrogens is 713 g/mol. The van der Waals surface area contributed by atoms with Crippen molar-refractivity contribution in [2.45, 2.75) is 33.1 Å². The number of benzene rings is 9. The van der Waals surface area contributed by atoms with Crippen LogP contribution in [0.1, 0.15) is 44.5 Å². The van der Waals surface area contributed by atoms with E-state index < -0.39 is 5.41 Å². The van der Waals surface area contributed by atoms with Gasteiger partial charge in [0.2, 0.25) is 0 Å². The Morgan fingerprint density at radius 1 is 0.271 bits per heavy atom. The maximum Gasteiger partial charge on any atom is 0.0726 e. The van der Waals surface area contributed by atoms with E-state index in [0.29, 0.717) is 0 Å². The van der Waals surface area contributed by atoms with Crippen LogP contribution in [0.3, 0.4) is 0 Å². The van der Waals surface area contributed by atoms with Crippen LogP contribution in [0, 0.1) is 27.7 Å². The predicted molar refractivity (Wildman–Crippen MR) is 249 cm³/mol. The lowest BCUT2D eigenvalue weighted by Gasteiger charge is -2.32. The molecule has 11 rings (SSSR count). The number of anilines is 6. The van der Waals surface area contributed by atoms with Crippen LogP contribution >= 0.6 is 0 Å². The van der Waals surface area contributed by atoms with E-state index in [-0.39, 0.29) is 0 Å². The van der Waals surface area contributed by atoms with E-state index in [4.69, 9.17) is 0 Å². The van der Waals surface area contributed by atoms with Gasteiger partial charge < -0.3 is 9.80 Å². The zero-order valence-corrected chi connectivity index (χ0v) is 33.9. The molecule has 0 bridgehead atoms. The summed E-state index contributed by atoms with van der Waals surface area (Å²) in [6, 6.07) is 72.6. The van der Waals surface area contributed by atoms with Gasteiger partial charge in [-0.1, -0.05) is 109 Å². The average Bonchev–Trinajstić information content (AvgIpc) is 3.70. The minimum absolute atomic E-state index is 0.504. The van der Waals surface area contributed by atoms with E-state index in [1.54, 1.807) is 0 Å². The van der Waals surface area contributed by atoms with E-state index >= 15 is 0 Å². The van der Waals surface area contributed by atoms with E-state index in [0.717, 1.165) is 34.1 Å². The maximum atomic E-state index is 2.51. The van der Waals surface area contributed by atoms with Crippen LogP contribution < -0.4 is 9.80 Å². The normalized spacial score (nSPS) is 12.9. The van der Waals surface area contributed by atoms with E-state index in [9.17, 15) is 0 Å². The lowest BCUT2D eigenvalue weighted by molar-refractivity contribution is 0.795. The van der Waals surface area contributed by atoms with E-state index in [1.807, 2.05) is 0 Å². The van der Waals surface area contributed by atoms with Crippen LogP contribution in [0.25, 0.3) is 33.0 Å². The van der Waals surface area contributed by atoms with Crippen molar-refractivity contribution in [1.29, 1.82) is 0 Å². The van der Waals surface area contributed by atoms with Gasteiger partial charge in [0.1, 0.15) is 0 Å². The molecule has 2 heteroatoms. The third-order valence-corrected chi connectivity index (χ3v) is 12.5. The highest BCUT2D eigenvalue weighted by molar-refractivity contribution is 6.02. The molecule has 2 aliphatic carbocycles. The molecule has 0 aliphatic heterocycles. The summed E-state index contributed by atoms with van der Waals surface area (Å²) in [5, 5.41) is 2.45. The molecule has 0 atom stereocenters. The van der Waals surface area contributed by atoms with E-state index in [1.165, 1.54) is 77.5 Å². The lowest BCUT2D eigenvalue weighted by Crippen LogP contribution is -2.26. The summed E-state index contributed by atoms with van der Waals surface area (Å²) in [4.78, 5) is 4.83. The Morgan fingerprint density at radius 2 is 0.712 bits per heavy atom. The van der Waals surface area contributed by atoms with Gasteiger partial charge in [0.25, 0.3) is 0 Å². The van der Waals surface area contributed by atoms with Crippen molar-refractivity contribution in [2.24, 2.45) is 0 Å². The molecule has 9 aromatic carbocycles. The molecule has 0 saturated heterocycles. The summed E-state index contributed by atoms with van der Waals surface area (Å²) in [6.07, 6.45) is 0. The van der Waals surface area contributed by atoms with Gasteiger partial charge in [0, 0.05) is 34.1 Å². The van der Waals surface area contributed by atoms with Gasteiger partial charge in [-0.05, 0) is 190 Å². The van der Waals surface area contributed by atoms with Gasteiger partial charge in [0.15, 0.2) is 0 Å². The van der Waals surface area contributed by atoms with Gasteiger partial charge in [-0.15, -0.1) is 0 Å². The average molecular weight is 757 g/mol. The minimum atomic E-state index is -0.504. The Morgan fingerprint density at radius 3 is 1.25 bits per heavy atom. The van der Waals surface area contributed by atoms with E-state index in [2.05, 4.69) is 232 Å². The Labute approximate surface area is 347 Å². The molecule has 282 valence electrons. The summed E-state index contributed by atoms with van der Waals surface area (Å²) in [5.74, 6) is 0. The van der Waals surface area contributed by atoms with Crippen LogP contribution in [-0.4, -0.2) is 0 Å². The summed E-state index contributed by atoms with van der Waals surface area (Å²) in [5.41, 5.74) is 21.9. The fourth-order valence-electron chi connectivity index (χ4n) is 10.3. The molecule has 1 spiro atoms. The number of hydrogen-bond donors (Lipinski definition) is 0. The first kappa shape index (κ1) is 35.0. The predicted octanol–water partition coefficient (Wildman–Crippen LogP) is 15.4. The number of nitrogens with zero attached hydrogens (tertiary/aromatic N) is 2. The Balaban J connectivity index is 1.17. The van der Waals surface area contributed by atoms with Crippen LogP contribution in [0.4, 0.5) is 34.1 Å². The summed E-state index contributed by atoms with van der Waals surface area (Å²) >= 11 is 0. The zero-order chi connectivity index (χ0) is 39.8. The Bertz CT molecular complexity index is 3020. The summed E-state index contributed by atoms with van der Waals surface area (Å²) in [6.45, 7) is 8.75. The largest absolute Gasteiger partial charge is 0.310 e. The lowest BCUT2D eigenvalue weighted by atomic mass is 9.70. The van der Waals surface area contributed by atoms with Gasteiger partial charge in [-0.25, -0.2) is 0 Å². The molecule has 0 fully saturated rings. The van der Waals surface area contributed by atoms with Crippen molar-refractivity contribution >= 4 is 44.9 Å². The monoisotopic (exact) mass is 756 g/mol. The van der Waals surface area contributed by atoms with Gasteiger partial charge in [-0.2, -0.15) is 0 Å². The highest BCUT2D eigenvalue weighted by Gasteiger charge is 2.52. The second kappa shape index (κ2) is 13.5. The molecule has 0 aromatic heterocycles. The number of hydrogen-bond acceptors (Lipinski definition) is 2. The number of fused-ring (bicyclic) bond motifs is 11. The van der Waals surface area contributed by atoms with Crippen LogP contribution in [0.5, 0.6) is 0 Å². The van der Waals surface area contributed by atoms with Crippen molar-refractivity contribution in [3.05, 3.63) is 239 Å². The second-order valence-corrected chi connectivity index (χ2v) is 16.5. The van der Waals surface area contributed by atoms with Crippen molar-refractivity contribution < 1.29 is 0 Å². The SMILES string of the molecule is Cc1cc(C)cc(N(c2ccccc2)c2ccc3c(c2)C2(c4ccccc4-c4ccccc42)c2cc4cc(N(c5ccccc5)c5cc(C)cc(C)c5)ccc4cc2-3)c1. The molecular formula is C57H44N2. The Hall–Kier alpha value is -7.16. The first-order chi connectivity index (χ1) is 28.9. The second-order valence-electron chi connectivity index (χ2n) is 16.5. The third-order valence-electron chi connectivity index (χ3n) is 12.5. The first-order valence-electron chi connectivity index (χ1n) is 20.7. The number of para-hydroxylation sites is 2. The van der Waals surface area contributed by atoms with Crippen molar-refractivity contribution in [1.82, 2.24) is 0 Å². The highest BCUT2D eigenvalue weighted by Crippen LogP contribution is 2.64. The van der Waals surface area contributed by atoms with Crippen molar-refractivity contribution in [3.8, 4) is 22.3 Å². The summed E-state index contributed by atoms with van der Waals surface area (Å²) in [7, 11) is 0. The Kier molecular flexibility index (Phi) is 8.00. The fourth-order valence-corrected chi connectivity index (χ4v) is 10.3. The quantitative estimate of drug-likeness (QED) is 0.167. The van der Waals surface area contributed by atoms with Gasteiger partial charge >= 0.3 is 0 Å². The van der Waals surface area contributed by atoms with Crippen LogP contribution in [0.15, 0.2) is 194 Å². The number of aryl methyl sites for hydroxylation is 4. The summed E-state index contributed by atoms with van der Waals surface area (Å²) < 4.78 is 0. The smallest absolute Gasteiger partial charge is 0.0726 e. The molecule has 2 aliphatic rings. The number of rotatable bonds is 6. The van der Waals surface area contributed by atoms with Gasteiger partial charge in [0.05, 0.1) is 5.41 Å². The molecule has 2 nitrogen and oxygen atoms in total. The topological polar surface area (TPSA) is 6.48 Å². The van der Waals surface area contributed by atoms with Crippen LogP contribution in [-0.2, 0) is 5.41 Å². The fraction of sp³-hybridized carbons (Fsp3) is 0.0877. The molecule has 9 aromatic rings.